The van der Waals surface area contributed by atoms with E-state index in [1.807, 2.05) is 31.2 Å². The molecule has 0 unspecified atom stereocenters. The summed E-state index contributed by atoms with van der Waals surface area (Å²) in [5.41, 5.74) is 2.10. The third kappa shape index (κ3) is 7.30. The predicted octanol–water partition coefficient (Wildman–Crippen LogP) is 2.14. The number of hydrogen-bond acceptors (Lipinski definition) is 4. The zero-order chi connectivity index (χ0) is 19.7. The van der Waals surface area contributed by atoms with Crippen molar-refractivity contribution < 1.29 is 13.5 Å². The van der Waals surface area contributed by atoms with Crippen LogP contribution in [-0.2, 0) is 22.7 Å². The second-order valence-corrected chi connectivity index (χ2v) is 8.29. The normalized spacial score (nSPS) is 12.0. The van der Waals surface area contributed by atoms with Crippen molar-refractivity contribution in [2.75, 3.05) is 25.9 Å². The van der Waals surface area contributed by atoms with Crippen molar-refractivity contribution in [2.45, 2.75) is 24.7 Å². The standard InChI is InChI=1S/C20H27N3O3S/c1-3-21-20(23-14-12-17-5-4-6-18(24)15-17)22-13-11-16-7-9-19(10-8-16)27(2,25)26/h4-10,15,24H,3,11-14H2,1-2H3,(H2,21,22,23). The van der Waals surface area contributed by atoms with Crippen LogP contribution >= 0.6 is 0 Å². The Hall–Kier alpha value is -2.54. The summed E-state index contributed by atoms with van der Waals surface area (Å²) in [6, 6.07) is 14.1. The van der Waals surface area contributed by atoms with Crippen molar-refractivity contribution >= 4 is 15.8 Å². The molecule has 2 aromatic carbocycles. The van der Waals surface area contributed by atoms with E-state index < -0.39 is 9.84 Å². The van der Waals surface area contributed by atoms with Crippen molar-refractivity contribution in [3.8, 4) is 5.75 Å². The Bertz CT molecular complexity index is 862. The number of aromatic hydroxyl groups is 1. The van der Waals surface area contributed by atoms with Gasteiger partial charge in [-0.1, -0.05) is 24.3 Å². The number of phenols is 1. The lowest BCUT2D eigenvalue weighted by Crippen LogP contribution is -2.38. The Kier molecular flexibility index (Phi) is 7.67. The van der Waals surface area contributed by atoms with Gasteiger partial charge in [0, 0.05) is 25.9 Å². The van der Waals surface area contributed by atoms with Crippen LogP contribution in [0.1, 0.15) is 18.1 Å². The molecule has 0 bridgehead atoms. The van der Waals surface area contributed by atoms with E-state index in [1.54, 1.807) is 24.3 Å². The summed E-state index contributed by atoms with van der Waals surface area (Å²) in [6.07, 6.45) is 2.72. The Morgan fingerprint density at radius 2 is 1.78 bits per heavy atom. The molecule has 0 aromatic heterocycles. The molecule has 0 radical (unpaired) electrons. The molecule has 0 aliphatic carbocycles. The maximum atomic E-state index is 11.5. The third-order valence-corrected chi connectivity index (χ3v) is 5.11. The second kappa shape index (κ2) is 9.97. The maximum absolute atomic E-state index is 11.5. The van der Waals surface area contributed by atoms with Gasteiger partial charge in [-0.2, -0.15) is 0 Å². The molecule has 6 nitrogen and oxygen atoms in total. The van der Waals surface area contributed by atoms with Gasteiger partial charge in [0.15, 0.2) is 15.8 Å². The highest BCUT2D eigenvalue weighted by atomic mass is 32.2. The molecule has 2 aromatic rings. The minimum atomic E-state index is -3.16. The molecule has 2 rings (SSSR count). The number of guanidine groups is 1. The summed E-state index contributed by atoms with van der Waals surface area (Å²) in [5, 5.41) is 16.0. The van der Waals surface area contributed by atoms with Gasteiger partial charge in [0.1, 0.15) is 5.75 Å². The molecule has 3 N–H and O–H groups in total. The van der Waals surface area contributed by atoms with E-state index in [2.05, 4.69) is 15.6 Å². The van der Waals surface area contributed by atoms with E-state index in [0.717, 1.165) is 36.5 Å². The van der Waals surface area contributed by atoms with E-state index in [0.29, 0.717) is 18.0 Å². The number of nitrogens with zero attached hydrogens (tertiary/aromatic N) is 1. The lowest BCUT2D eigenvalue weighted by molar-refractivity contribution is 0.474. The lowest BCUT2D eigenvalue weighted by Gasteiger charge is -2.11. The second-order valence-electron chi connectivity index (χ2n) is 6.27. The summed E-state index contributed by atoms with van der Waals surface area (Å²) in [5.74, 6) is 1.01. The van der Waals surface area contributed by atoms with Crippen LogP contribution in [0.2, 0.25) is 0 Å². The summed E-state index contributed by atoms with van der Waals surface area (Å²) < 4.78 is 23.0. The van der Waals surface area contributed by atoms with Crippen molar-refractivity contribution in [3.63, 3.8) is 0 Å². The van der Waals surface area contributed by atoms with E-state index in [4.69, 9.17) is 0 Å². The lowest BCUT2D eigenvalue weighted by atomic mass is 10.1. The fraction of sp³-hybridized carbons (Fsp3) is 0.350. The first-order chi connectivity index (χ1) is 12.9. The first kappa shape index (κ1) is 20.8. The number of hydrogen-bond donors (Lipinski definition) is 3. The molecule has 27 heavy (non-hydrogen) atoms. The number of nitrogens with one attached hydrogen (secondary N) is 2. The minimum absolute atomic E-state index is 0.273. The van der Waals surface area contributed by atoms with E-state index >= 15 is 0 Å². The van der Waals surface area contributed by atoms with Crippen LogP contribution in [0, 0.1) is 0 Å². The first-order valence-corrected chi connectivity index (χ1v) is 10.9. The third-order valence-electron chi connectivity index (χ3n) is 3.98. The fourth-order valence-corrected chi connectivity index (χ4v) is 3.21. The number of phenolic OH excluding ortho intramolecular Hbond substituents is 1. The van der Waals surface area contributed by atoms with Gasteiger partial charge in [0.2, 0.25) is 0 Å². The smallest absolute Gasteiger partial charge is 0.191 e. The SMILES string of the molecule is CCNC(=NCCc1ccc(S(C)(=O)=O)cc1)NCCc1cccc(O)c1. The highest BCUT2D eigenvalue weighted by Gasteiger charge is 2.06. The van der Waals surface area contributed by atoms with Crippen LogP contribution < -0.4 is 10.6 Å². The summed E-state index contributed by atoms with van der Waals surface area (Å²) in [4.78, 5) is 4.89. The molecule has 0 heterocycles. The largest absolute Gasteiger partial charge is 0.508 e. The average molecular weight is 390 g/mol. The quantitative estimate of drug-likeness (QED) is 0.475. The molecule has 0 amide bonds. The zero-order valence-corrected chi connectivity index (χ0v) is 16.6. The monoisotopic (exact) mass is 389 g/mol. The van der Waals surface area contributed by atoms with Gasteiger partial charge in [-0.15, -0.1) is 0 Å². The molecular weight excluding hydrogens is 362 g/mol. The Morgan fingerprint density at radius 1 is 1.04 bits per heavy atom. The number of aliphatic imine (C=N–C) groups is 1. The predicted molar refractivity (Wildman–Crippen MR) is 109 cm³/mol. The van der Waals surface area contributed by atoms with Crippen LogP contribution in [0.3, 0.4) is 0 Å². The van der Waals surface area contributed by atoms with Crippen molar-refractivity contribution in [1.29, 1.82) is 0 Å². The average Bonchev–Trinajstić information content (AvgIpc) is 2.61. The topological polar surface area (TPSA) is 90.8 Å². The molecule has 0 saturated heterocycles. The minimum Gasteiger partial charge on any atom is -0.508 e. The molecule has 0 spiro atoms. The van der Waals surface area contributed by atoms with Crippen molar-refractivity contribution in [3.05, 3.63) is 59.7 Å². The van der Waals surface area contributed by atoms with Crippen LogP contribution in [-0.4, -0.2) is 45.4 Å². The van der Waals surface area contributed by atoms with E-state index in [9.17, 15) is 13.5 Å². The molecule has 0 saturated carbocycles. The fourth-order valence-electron chi connectivity index (χ4n) is 2.58. The van der Waals surface area contributed by atoms with Gasteiger partial charge in [-0.05, 0) is 55.2 Å². The van der Waals surface area contributed by atoms with Gasteiger partial charge in [-0.25, -0.2) is 8.42 Å². The molecule has 0 aliphatic rings. The van der Waals surface area contributed by atoms with Crippen LogP contribution in [0.25, 0.3) is 0 Å². The molecular formula is C20H27N3O3S. The highest BCUT2D eigenvalue weighted by Crippen LogP contribution is 2.11. The molecule has 0 aliphatic heterocycles. The van der Waals surface area contributed by atoms with Crippen LogP contribution in [0.15, 0.2) is 58.4 Å². The van der Waals surface area contributed by atoms with Crippen LogP contribution in [0.4, 0.5) is 0 Å². The molecule has 0 atom stereocenters. The van der Waals surface area contributed by atoms with E-state index in [1.165, 1.54) is 6.26 Å². The molecule has 0 fully saturated rings. The Labute approximate surface area is 161 Å². The zero-order valence-electron chi connectivity index (χ0n) is 15.8. The number of benzene rings is 2. The van der Waals surface area contributed by atoms with Gasteiger partial charge in [-0.3, -0.25) is 4.99 Å². The van der Waals surface area contributed by atoms with Gasteiger partial charge >= 0.3 is 0 Å². The summed E-state index contributed by atoms with van der Waals surface area (Å²) in [6.45, 7) is 4.08. The molecule has 7 heteroatoms. The van der Waals surface area contributed by atoms with Gasteiger partial charge in [0.05, 0.1) is 4.90 Å². The number of sulfone groups is 1. The Balaban J connectivity index is 1.85. The Morgan fingerprint density at radius 3 is 2.41 bits per heavy atom. The summed E-state index contributed by atoms with van der Waals surface area (Å²) >= 11 is 0. The van der Waals surface area contributed by atoms with Crippen molar-refractivity contribution in [1.82, 2.24) is 10.6 Å². The number of rotatable bonds is 8. The van der Waals surface area contributed by atoms with Gasteiger partial charge < -0.3 is 15.7 Å². The first-order valence-electron chi connectivity index (χ1n) is 8.97. The summed E-state index contributed by atoms with van der Waals surface area (Å²) in [7, 11) is -3.16. The van der Waals surface area contributed by atoms with Crippen LogP contribution in [0.5, 0.6) is 5.75 Å². The van der Waals surface area contributed by atoms with Gasteiger partial charge in [0.25, 0.3) is 0 Å². The maximum Gasteiger partial charge on any atom is 0.191 e. The molecule has 146 valence electrons. The van der Waals surface area contributed by atoms with Crippen molar-refractivity contribution in [2.24, 2.45) is 4.99 Å². The van der Waals surface area contributed by atoms with E-state index in [-0.39, 0.29) is 5.75 Å². The highest BCUT2D eigenvalue weighted by molar-refractivity contribution is 7.90.